The maximum atomic E-state index is 13.0. The number of hydrogen-bond acceptors (Lipinski definition) is 4. The summed E-state index contributed by atoms with van der Waals surface area (Å²) in [5.74, 6) is 0.188. The SMILES string of the molecule is C=CCN(Cc1cccs1)C(=O)C(C)N1CCOC2(CCC2)CC1. The van der Waals surface area contributed by atoms with Gasteiger partial charge in [0.25, 0.3) is 0 Å². The first-order valence-corrected chi connectivity index (χ1v) is 9.82. The number of amides is 1. The summed E-state index contributed by atoms with van der Waals surface area (Å²) in [6, 6.07) is 4.01. The van der Waals surface area contributed by atoms with Crippen molar-refractivity contribution in [3.63, 3.8) is 0 Å². The zero-order valence-electron chi connectivity index (χ0n) is 14.6. The summed E-state index contributed by atoms with van der Waals surface area (Å²) in [7, 11) is 0. The molecular formula is C19H28N2O2S. The zero-order chi connectivity index (χ0) is 17.0. The Hall–Kier alpha value is -1.17. The number of hydrogen-bond donors (Lipinski definition) is 0. The van der Waals surface area contributed by atoms with E-state index in [0.717, 1.165) is 26.1 Å². The normalized spacial score (nSPS) is 21.7. The third kappa shape index (κ3) is 3.90. The Morgan fingerprint density at radius 3 is 2.96 bits per heavy atom. The fraction of sp³-hybridized carbons (Fsp3) is 0.632. The van der Waals surface area contributed by atoms with E-state index in [1.54, 1.807) is 11.3 Å². The average Bonchev–Trinajstić information content (AvgIpc) is 2.94. The molecule has 1 saturated heterocycles. The lowest BCUT2D eigenvalue weighted by Gasteiger charge is -2.40. The fourth-order valence-electron chi connectivity index (χ4n) is 3.66. The van der Waals surface area contributed by atoms with Crippen LogP contribution in [0.1, 0.15) is 37.5 Å². The molecule has 1 unspecified atom stereocenters. The van der Waals surface area contributed by atoms with Gasteiger partial charge < -0.3 is 9.64 Å². The van der Waals surface area contributed by atoms with Gasteiger partial charge in [-0.25, -0.2) is 0 Å². The van der Waals surface area contributed by atoms with Crippen molar-refractivity contribution in [3.8, 4) is 0 Å². The number of thiophene rings is 1. The molecule has 2 heterocycles. The number of rotatable bonds is 6. The van der Waals surface area contributed by atoms with E-state index in [4.69, 9.17) is 4.74 Å². The van der Waals surface area contributed by atoms with Gasteiger partial charge in [-0.15, -0.1) is 17.9 Å². The van der Waals surface area contributed by atoms with Crippen LogP contribution in [0.3, 0.4) is 0 Å². The first-order chi connectivity index (χ1) is 11.6. The second-order valence-electron chi connectivity index (χ2n) is 6.93. The Kier molecular flexibility index (Phi) is 5.74. The molecule has 2 fully saturated rings. The van der Waals surface area contributed by atoms with Crippen LogP contribution in [0.5, 0.6) is 0 Å². The summed E-state index contributed by atoms with van der Waals surface area (Å²) in [6.07, 6.45) is 6.51. The summed E-state index contributed by atoms with van der Waals surface area (Å²) in [5.41, 5.74) is 0.120. The number of nitrogens with zero attached hydrogens (tertiary/aromatic N) is 2. The van der Waals surface area contributed by atoms with Gasteiger partial charge in [-0.1, -0.05) is 12.1 Å². The highest BCUT2D eigenvalue weighted by Gasteiger charge is 2.40. The lowest BCUT2D eigenvalue weighted by atomic mass is 9.77. The van der Waals surface area contributed by atoms with Crippen LogP contribution in [0, 0.1) is 0 Å². The van der Waals surface area contributed by atoms with E-state index in [0.29, 0.717) is 13.1 Å². The van der Waals surface area contributed by atoms with Gasteiger partial charge in [0, 0.05) is 24.5 Å². The van der Waals surface area contributed by atoms with Gasteiger partial charge >= 0.3 is 0 Å². The third-order valence-electron chi connectivity index (χ3n) is 5.40. The maximum absolute atomic E-state index is 13.0. The van der Waals surface area contributed by atoms with E-state index in [1.165, 1.54) is 24.1 Å². The van der Waals surface area contributed by atoms with Crippen molar-refractivity contribution in [2.24, 2.45) is 0 Å². The third-order valence-corrected chi connectivity index (χ3v) is 6.26. The van der Waals surface area contributed by atoms with E-state index in [9.17, 15) is 4.79 Å². The van der Waals surface area contributed by atoms with Crippen LogP contribution in [0.2, 0.25) is 0 Å². The summed E-state index contributed by atoms with van der Waals surface area (Å²) >= 11 is 1.69. The number of ether oxygens (including phenoxy) is 1. The molecule has 1 aliphatic heterocycles. The number of carbonyl (C=O) groups is 1. The van der Waals surface area contributed by atoms with E-state index in [-0.39, 0.29) is 17.6 Å². The van der Waals surface area contributed by atoms with Gasteiger partial charge in [-0.05, 0) is 44.1 Å². The van der Waals surface area contributed by atoms with Crippen molar-refractivity contribution in [2.45, 2.75) is 50.8 Å². The Balaban J connectivity index is 1.61. The standard InChI is InChI=1S/C19H28N2O2S/c1-3-10-21(15-17-6-4-14-24-17)18(22)16(2)20-11-9-19(7-5-8-19)23-13-12-20/h3-4,6,14,16H,1,5,7-13,15H2,2H3. The first-order valence-electron chi connectivity index (χ1n) is 8.94. The van der Waals surface area contributed by atoms with Gasteiger partial charge in [0.15, 0.2) is 0 Å². The topological polar surface area (TPSA) is 32.8 Å². The molecular weight excluding hydrogens is 320 g/mol. The first kappa shape index (κ1) is 17.6. The van der Waals surface area contributed by atoms with Gasteiger partial charge in [-0.2, -0.15) is 0 Å². The predicted molar refractivity (Wildman–Crippen MR) is 98.1 cm³/mol. The Bertz CT molecular complexity index is 554. The van der Waals surface area contributed by atoms with Gasteiger partial charge in [0.1, 0.15) is 0 Å². The molecule has 0 radical (unpaired) electrons. The molecule has 1 amide bonds. The molecule has 2 aliphatic rings. The van der Waals surface area contributed by atoms with Crippen LogP contribution in [0.25, 0.3) is 0 Å². The van der Waals surface area contributed by atoms with Crippen molar-refractivity contribution in [1.82, 2.24) is 9.80 Å². The molecule has 24 heavy (non-hydrogen) atoms. The van der Waals surface area contributed by atoms with Crippen LogP contribution in [-0.4, -0.2) is 53.6 Å². The molecule has 132 valence electrons. The second-order valence-corrected chi connectivity index (χ2v) is 7.97. The van der Waals surface area contributed by atoms with Crippen molar-refractivity contribution in [1.29, 1.82) is 0 Å². The molecule has 3 rings (SSSR count). The fourth-order valence-corrected chi connectivity index (χ4v) is 4.38. The lowest BCUT2D eigenvalue weighted by Crippen LogP contribution is -2.48. The van der Waals surface area contributed by atoms with Gasteiger partial charge in [0.2, 0.25) is 5.91 Å². The van der Waals surface area contributed by atoms with Crippen molar-refractivity contribution >= 4 is 17.2 Å². The minimum atomic E-state index is -0.108. The van der Waals surface area contributed by atoms with Crippen molar-refractivity contribution in [3.05, 3.63) is 35.0 Å². The summed E-state index contributed by atoms with van der Waals surface area (Å²) in [5, 5.41) is 2.06. The Labute approximate surface area is 149 Å². The maximum Gasteiger partial charge on any atom is 0.240 e. The molecule has 1 aromatic rings. The van der Waals surface area contributed by atoms with E-state index < -0.39 is 0 Å². The average molecular weight is 349 g/mol. The van der Waals surface area contributed by atoms with Crippen LogP contribution in [0.15, 0.2) is 30.2 Å². The van der Waals surface area contributed by atoms with E-state index in [2.05, 4.69) is 22.9 Å². The predicted octanol–water partition coefficient (Wildman–Crippen LogP) is 3.30. The highest BCUT2D eigenvalue weighted by molar-refractivity contribution is 7.09. The highest BCUT2D eigenvalue weighted by atomic mass is 32.1. The largest absolute Gasteiger partial charge is 0.374 e. The van der Waals surface area contributed by atoms with Gasteiger partial charge in [0.05, 0.1) is 24.8 Å². The zero-order valence-corrected chi connectivity index (χ0v) is 15.4. The second kappa shape index (κ2) is 7.81. The summed E-state index contributed by atoms with van der Waals surface area (Å²) < 4.78 is 6.10. The van der Waals surface area contributed by atoms with Crippen molar-refractivity contribution < 1.29 is 9.53 Å². The molecule has 1 spiro atoms. The molecule has 0 N–H and O–H groups in total. The number of carbonyl (C=O) groups excluding carboxylic acids is 1. The Morgan fingerprint density at radius 1 is 1.50 bits per heavy atom. The molecule has 0 aromatic carbocycles. The Morgan fingerprint density at radius 2 is 2.33 bits per heavy atom. The van der Waals surface area contributed by atoms with E-state index in [1.807, 2.05) is 24.0 Å². The molecule has 1 aromatic heterocycles. The molecule has 0 bridgehead atoms. The quantitative estimate of drug-likeness (QED) is 0.740. The molecule has 1 aliphatic carbocycles. The van der Waals surface area contributed by atoms with Crippen LogP contribution >= 0.6 is 11.3 Å². The summed E-state index contributed by atoms with van der Waals surface area (Å²) in [6.45, 7) is 9.64. The molecule has 5 heteroatoms. The minimum Gasteiger partial charge on any atom is -0.374 e. The van der Waals surface area contributed by atoms with Crippen LogP contribution < -0.4 is 0 Å². The molecule has 1 saturated carbocycles. The van der Waals surface area contributed by atoms with Gasteiger partial charge in [-0.3, -0.25) is 9.69 Å². The van der Waals surface area contributed by atoms with Crippen LogP contribution in [0.4, 0.5) is 0 Å². The minimum absolute atomic E-state index is 0.108. The highest BCUT2D eigenvalue weighted by Crippen LogP contribution is 2.39. The lowest BCUT2D eigenvalue weighted by molar-refractivity contribution is -0.136. The van der Waals surface area contributed by atoms with Crippen LogP contribution in [-0.2, 0) is 16.1 Å². The molecule has 4 nitrogen and oxygen atoms in total. The van der Waals surface area contributed by atoms with Crippen molar-refractivity contribution in [2.75, 3.05) is 26.2 Å². The molecule has 1 atom stereocenters. The summed E-state index contributed by atoms with van der Waals surface area (Å²) in [4.78, 5) is 18.4. The smallest absolute Gasteiger partial charge is 0.240 e. The van der Waals surface area contributed by atoms with E-state index >= 15 is 0 Å². The monoisotopic (exact) mass is 348 g/mol.